The lowest BCUT2D eigenvalue weighted by Gasteiger charge is -2.01. The molecule has 0 fully saturated rings. The third kappa shape index (κ3) is 4.43. The second kappa shape index (κ2) is 6.99. The zero-order valence-electron chi connectivity index (χ0n) is 9.82. The Bertz CT molecular complexity index is 319. The molecule has 0 aliphatic heterocycles. The molecule has 3 nitrogen and oxygen atoms in total. The van der Waals surface area contributed by atoms with Crippen molar-refractivity contribution in [2.45, 2.75) is 45.4 Å². The number of nitrogens with zero attached hydrogens (tertiary/aromatic N) is 1. The molecule has 0 aliphatic carbocycles. The Kier molecular flexibility index (Phi) is 5.54. The minimum atomic E-state index is -0.356. The summed E-state index contributed by atoms with van der Waals surface area (Å²) < 4.78 is 0. The molecule has 1 aromatic rings. The molecule has 0 aliphatic rings. The van der Waals surface area contributed by atoms with Gasteiger partial charge < -0.3 is 0 Å². The number of unbranched alkanes of at least 4 members (excludes halogenated alkanes) is 4. The smallest absolute Gasteiger partial charge is 0.258 e. The second-order valence-electron chi connectivity index (χ2n) is 4.09. The predicted molar refractivity (Wildman–Crippen MR) is 65.6 cm³/mol. The third-order valence-electron chi connectivity index (χ3n) is 2.72. The van der Waals surface area contributed by atoms with Crippen LogP contribution in [-0.4, -0.2) is 4.92 Å². The van der Waals surface area contributed by atoms with Crippen molar-refractivity contribution in [1.82, 2.24) is 0 Å². The number of hydrogen-bond acceptors (Lipinski definition) is 2. The summed E-state index contributed by atoms with van der Waals surface area (Å²) in [6.45, 7) is 2.20. The Balaban J connectivity index is 2.29. The maximum atomic E-state index is 10.5. The lowest BCUT2D eigenvalue weighted by atomic mass is 10.1. The minimum absolute atomic E-state index is 0.176. The van der Waals surface area contributed by atoms with Gasteiger partial charge in [0.15, 0.2) is 0 Å². The Morgan fingerprint density at radius 1 is 1.06 bits per heavy atom. The molecule has 0 saturated carbocycles. The van der Waals surface area contributed by atoms with Crippen molar-refractivity contribution in [1.29, 1.82) is 0 Å². The topological polar surface area (TPSA) is 43.1 Å². The molecule has 0 N–H and O–H groups in total. The summed E-state index contributed by atoms with van der Waals surface area (Å²) in [4.78, 5) is 10.1. The molecule has 0 unspecified atom stereocenters. The molecule has 0 heterocycles. The fourth-order valence-corrected chi connectivity index (χ4v) is 1.72. The lowest BCUT2D eigenvalue weighted by molar-refractivity contribution is -0.384. The fraction of sp³-hybridized carbons (Fsp3) is 0.538. The molecule has 16 heavy (non-hydrogen) atoms. The number of hydrogen-bond donors (Lipinski definition) is 0. The predicted octanol–water partition coefficient (Wildman–Crippen LogP) is 4.11. The highest BCUT2D eigenvalue weighted by Gasteiger charge is 2.03. The van der Waals surface area contributed by atoms with E-state index in [0.717, 1.165) is 6.42 Å². The van der Waals surface area contributed by atoms with E-state index in [2.05, 4.69) is 6.92 Å². The van der Waals surface area contributed by atoms with Gasteiger partial charge in [0.25, 0.3) is 5.69 Å². The first-order valence-electron chi connectivity index (χ1n) is 5.97. The van der Waals surface area contributed by atoms with Crippen molar-refractivity contribution in [2.75, 3.05) is 0 Å². The average molecular weight is 221 g/mol. The van der Waals surface area contributed by atoms with Crippen molar-refractivity contribution >= 4 is 5.69 Å². The van der Waals surface area contributed by atoms with Crippen LogP contribution in [0.1, 0.15) is 44.6 Å². The highest BCUT2D eigenvalue weighted by Crippen LogP contribution is 2.14. The van der Waals surface area contributed by atoms with E-state index in [1.54, 1.807) is 12.1 Å². The fourth-order valence-electron chi connectivity index (χ4n) is 1.72. The zero-order valence-corrected chi connectivity index (χ0v) is 9.82. The van der Waals surface area contributed by atoms with E-state index in [4.69, 9.17) is 0 Å². The van der Waals surface area contributed by atoms with Crippen molar-refractivity contribution in [3.63, 3.8) is 0 Å². The van der Waals surface area contributed by atoms with Gasteiger partial charge in [-0.05, 0) is 18.4 Å². The summed E-state index contributed by atoms with van der Waals surface area (Å²) in [5.41, 5.74) is 1.37. The molecular weight excluding hydrogens is 202 g/mol. The maximum absolute atomic E-state index is 10.5. The largest absolute Gasteiger partial charge is 0.269 e. The van der Waals surface area contributed by atoms with Crippen LogP contribution in [0.4, 0.5) is 5.69 Å². The number of benzene rings is 1. The van der Waals surface area contributed by atoms with Gasteiger partial charge in [-0.25, -0.2) is 0 Å². The van der Waals surface area contributed by atoms with Crippen LogP contribution in [0.5, 0.6) is 0 Å². The van der Waals surface area contributed by atoms with Gasteiger partial charge in [-0.2, -0.15) is 0 Å². The number of rotatable bonds is 7. The van der Waals surface area contributed by atoms with E-state index in [1.807, 2.05) is 12.1 Å². The van der Waals surface area contributed by atoms with Gasteiger partial charge in [0.05, 0.1) is 4.92 Å². The number of nitro benzene ring substituents is 1. The summed E-state index contributed by atoms with van der Waals surface area (Å²) in [7, 11) is 0. The third-order valence-corrected chi connectivity index (χ3v) is 2.72. The van der Waals surface area contributed by atoms with Crippen LogP contribution in [-0.2, 0) is 6.42 Å². The highest BCUT2D eigenvalue weighted by molar-refractivity contribution is 5.32. The molecule has 0 bridgehead atoms. The van der Waals surface area contributed by atoms with Crippen molar-refractivity contribution in [2.24, 2.45) is 0 Å². The van der Waals surface area contributed by atoms with Crippen molar-refractivity contribution in [3.8, 4) is 0 Å². The van der Waals surface area contributed by atoms with E-state index in [9.17, 15) is 10.1 Å². The van der Waals surface area contributed by atoms with E-state index >= 15 is 0 Å². The minimum Gasteiger partial charge on any atom is -0.258 e. The molecule has 0 spiro atoms. The number of nitro groups is 1. The number of non-ortho nitro benzene ring substituents is 1. The summed E-state index contributed by atoms with van der Waals surface area (Å²) in [6, 6.07) is 6.89. The Morgan fingerprint density at radius 2 is 1.69 bits per heavy atom. The monoisotopic (exact) mass is 221 g/mol. The molecule has 0 atom stereocenters. The van der Waals surface area contributed by atoms with Gasteiger partial charge in [-0.15, -0.1) is 0 Å². The van der Waals surface area contributed by atoms with E-state index < -0.39 is 0 Å². The summed E-state index contributed by atoms with van der Waals surface area (Å²) in [5, 5.41) is 10.5. The van der Waals surface area contributed by atoms with Crippen LogP contribution in [0.15, 0.2) is 24.3 Å². The summed E-state index contributed by atoms with van der Waals surface area (Å²) in [5.74, 6) is 0. The van der Waals surface area contributed by atoms with Gasteiger partial charge in [0, 0.05) is 12.1 Å². The zero-order chi connectivity index (χ0) is 11.8. The molecular formula is C13H19NO2. The summed E-state index contributed by atoms with van der Waals surface area (Å²) in [6.07, 6.45) is 7.33. The molecule has 0 radical (unpaired) electrons. The van der Waals surface area contributed by atoms with E-state index in [-0.39, 0.29) is 10.6 Å². The first-order chi connectivity index (χ1) is 7.74. The van der Waals surface area contributed by atoms with Gasteiger partial charge in [-0.1, -0.05) is 44.7 Å². The Morgan fingerprint density at radius 3 is 2.25 bits per heavy atom. The van der Waals surface area contributed by atoms with Gasteiger partial charge in [0.1, 0.15) is 0 Å². The molecule has 0 saturated heterocycles. The first kappa shape index (κ1) is 12.7. The molecule has 1 rings (SSSR count). The lowest BCUT2D eigenvalue weighted by Crippen LogP contribution is -1.89. The van der Waals surface area contributed by atoms with E-state index in [1.165, 1.54) is 37.7 Å². The first-order valence-corrected chi connectivity index (χ1v) is 5.97. The van der Waals surface area contributed by atoms with Crippen LogP contribution in [0, 0.1) is 10.1 Å². The maximum Gasteiger partial charge on any atom is 0.269 e. The van der Waals surface area contributed by atoms with Crippen molar-refractivity contribution < 1.29 is 4.92 Å². The molecule has 0 aromatic heterocycles. The van der Waals surface area contributed by atoms with Gasteiger partial charge in [0.2, 0.25) is 0 Å². The van der Waals surface area contributed by atoms with Crippen LogP contribution < -0.4 is 0 Å². The Labute approximate surface area is 96.6 Å². The standard InChI is InChI=1S/C13H19NO2/c1-2-3-4-5-6-7-12-8-10-13(11-9-12)14(15)16/h8-11H,2-7H2,1H3. The quantitative estimate of drug-likeness (QED) is 0.395. The van der Waals surface area contributed by atoms with Crippen LogP contribution >= 0.6 is 0 Å². The second-order valence-corrected chi connectivity index (χ2v) is 4.09. The molecule has 88 valence electrons. The van der Waals surface area contributed by atoms with Gasteiger partial charge >= 0.3 is 0 Å². The molecule has 3 heteroatoms. The molecule has 0 amide bonds. The van der Waals surface area contributed by atoms with Crippen LogP contribution in [0.2, 0.25) is 0 Å². The highest BCUT2D eigenvalue weighted by atomic mass is 16.6. The Hall–Kier alpha value is -1.38. The normalized spacial score (nSPS) is 10.3. The SMILES string of the molecule is CCCCCCCc1ccc([N+](=O)[O-])cc1. The van der Waals surface area contributed by atoms with Crippen molar-refractivity contribution in [3.05, 3.63) is 39.9 Å². The average Bonchev–Trinajstić information content (AvgIpc) is 2.29. The number of aryl methyl sites for hydroxylation is 1. The summed E-state index contributed by atoms with van der Waals surface area (Å²) >= 11 is 0. The van der Waals surface area contributed by atoms with E-state index in [0.29, 0.717) is 0 Å². The van der Waals surface area contributed by atoms with Gasteiger partial charge in [-0.3, -0.25) is 10.1 Å². The van der Waals surface area contributed by atoms with Crippen LogP contribution in [0.25, 0.3) is 0 Å². The van der Waals surface area contributed by atoms with Crippen LogP contribution in [0.3, 0.4) is 0 Å². The molecule has 1 aromatic carbocycles.